The lowest BCUT2D eigenvalue weighted by Gasteiger charge is -2.01. The quantitative estimate of drug-likeness (QED) is 0.844. The third-order valence-electron chi connectivity index (χ3n) is 2.12. The summed E-state index contributed by atoms with van der Waals surface area (Å²) in [6, 6.07) is 5.78. The molecule has 1 heterocycles. The fourth-order valence-corrected chi connectivity index (χ4v) is 1.98. The number of aromatic amines is 1. The van der Waals surface area contributed by atoms with Crippen LogP contribution in [-0.2, 0) is 11.2 Å². The number of halogens is 1. The van der Waals surface area contributed by atoms with Gasteiger partial charge >= 0.3 is 0 Å². The monoisotopic (exact) mass is 252 g/mol. The minimum absolute atomic E-state index is 0.268. The Hall–Kier alpha value is -1.29. The van der Waals surface area contributed by atoms with Gasteiger partial charge in [0, 0.05) is 16.1 Å². The molecule has 14 heavy (non-hydrogen) atoms. The number of benzene rings is 1. The van der Waals surface area contributed by atoms with Gasteiger partial charge in [-0.15, -0.1) is 0 Å². The number of hydrogen-bond donors (Lipinski definition) is 2. The van der Waals surface area contributed by atoms with Crippen molar-refractivity contribution < 1.29 is 4.79 Å². The molecule has 0 fully saturated rings. The summed E-state index contributed by atoms with van der Waals surface area (Å²) < 4.78 is 1.02. The maximum absolute atomic E-state index is 10.8. The molecule has 3 nitrogen and oxygen atoms in total. The molecule has 0 radical (unpaired) electrons. The molecule has 0 saturated heterocycles. The average molecular weight is 253 g/mol. The molecular formula is C10H9BrN2O. The zero-order valence-corrected chi connectivity index (χ0v) is 8.97. The predicted molar refractivity (Wildman–Crippen MR) is 58.9 cm³/mol. The van der Waals surface area contributed by atoms with Crippen molar-refractivity contribution in [1.82, 2.24) is 4.98 Å². The van der Waals surface area contributed by atoms with Gasteiger partial charge in [0.1, 0.15) is 0 Å². The second kappa shape index (κ2) is 3.46. The maximum Gasteiger partial charge on any atom is 0.221 e. The number of primary amides is 1. The first-order chi connectivity index (χ1) is 6.68. The Balaban J connectivity index is 2.60. The fraction of sp³-hybridized carbons (Fsp3) is 0.100. The normalized spacial score (nSPS) is 10.6. The van der Waals surface area contributed by atoms with Crippen molar-refractivity contribution in [2.24, 2.45) is 5.73 Å². The molecule has 1 aromatic heterocycles. The Morgan fingerprint density at radius 1 is 1.43 bits per heavy atom. The number of nitrogens with two attached hydrogens (primary N) is 1. The van der Waals surface area contributed by atoms with E-state index in [0.717, 1.165) is 20.9 Å². The lowest BCUT2D eigenvalue weighted by Crippen LogP contribution is -2.13. The molecular weight excluding hydrogens is 244 g/mol. The van der Waals surface area contributed by atoms with E-state index in [1.807, 2.05) is 24.4 Å². The van der Waals surface area contributed by atoms with Gasteiger partial charge in [0.25, 0.3) is 0 Å². The second-order valence-electron chi connectivity index (χ2n) is 3.12. The van der Waals surface area contributed by atoms with Crippen molar-refractivity contribution in [2.75, 3.05) is 0 Å². The van der Waals surface area contributed by atoms with E-state index in [1.165, 1.54) is 0 Å². The average Bonchev–Trinajstić information content (AvgIpc) is 2.58. The highest BCUT2D eigenvalue weighted by Gasteiger charge is 2.07. The van der Waals surface area contributed by atoms with Crippen molar-refractivity contribution in [3.05, 3.63) is 34.4 Å². The van der Waals surface area contributed by atoms with E-state index >= 15 is 0 Å². The molecule has 0 spiro atoms. The summed E-state index contributed by atoms with van der Waals surface area (Å²) in [6.07, 6.45) is 2.12. The van der Waals surface area contributed by atoms with Crippen molar-refractivity contribution >= 4 is 32.7 Å². The number of nitrogens with one attached hydrogen (secondary N) is 1. The highest BCUT2D eigenvalue weighted by atomic mass is 79.9. The highest BCUT2D eigenvalue weighted by molar-refractivity contribution is 9.10. The van der Waals surface area contributed by atoms with E-state index in [1.54, 1.807) is 0 Å². The number of carbonyl (C=O) groups excluding carboxylic acids is 1. The summed E-state index contributed by atoms with van der Waals surface area (Å²) in [7, 11) is 0. The number of aromatic nitrogens is 1. The number of H-pyrrole nitrogens is 1. The van der Waals surface area contributed by atoms with Crippen LogP contribution in [0.1, 0.15) is 5.56 Å². The summed E-state index contributed by atoms with van der Waals surface area (Å²) in [6.45, 7) is 0. The van der Waals surface area contributed by atoms with Crippen LogP contribution in [0.2, 0.25) is 0 Å². The smallest absolute Gasteiger partial charge is 0.221 e. The Kier molecular flexibility index (Phi) is 2.29. The molecule has 3 N–H and O–H groups in total. The number of carbonyl (C=O) groups is 1. The van der Waals surface area contributed by atoms with Crippen LogP contribution in [-0.4, -0.2) is 10.9 Å². The third kappa shape index (κ3) is 1.53. The van der Waals surface area contributed by atoms with Gasteiger partial charge in [0.15, 0.2) is 0 Å². The van der Waals surface area contributed by atoms with E-state index in [4.69, 9.17) is 5.73 Å². The van der Waals surface area contributed by atoms with Gasteiger partial charge < -0.3 is 10.7 Å². The molecule has 72 valence electrons. The van der Waals surface area contributed by atoms with Crippen LogP contribution >= 0.6 is 15.9 Å². The minimum atomic E-state index is -0.316. The summed E-state index contributed by atoms with van der Waals surface area (Å²) in [5, 5.41) is 1.07. The van der Waals surface area contributed by atoms with Crippen molar-refractivity contribution in [1.29, 1.82) is 0 Å². The van der Waals surface area contributed by atoms with E-state index in [0.29, 0.717) is 0 Å². The number of fused-ring (bicyclic) bond motifs is 1. The molecule has 0 aliphatic heterocycles. The Labute approximate surface area is 89.4 Å². The first-order valence-corrected chi connectivity index (χ1v) is 5.00. The first-order valence-electron chi connectivity index (χ1n) is 4.21. The molecule has 1 aromatic carbocycles. The molecule has 0 aliphatic carbocycles. The van der Waals surface area contributed by atoms with Gasteiger partial charge in [0.05, 0.1) is 11.9 Å². The van der Waals surface area contributed by atoms with Crippen LogP contribution in [0.25, 0.3) is 10.9 Å². The number of amides is 1. The first kappa shape index (κ1) is 9.27. The van der Waals surface area contributed by atoms with E-state index in [-0.39, 0.29) is 12.3 Å². The topological polar surface area (TPSA) is 58.9 Å². The molecule has 0 bridgehead atoms. The van der Waals surface area contributed by atoms with Gasteiger partial charge in [-0.25, -0.2) is 0 Å². The largest absolute Gasteiger partial charge is 0.369 e. The summed E-state index contributed by atoms with van der Waals surface area (Å²) >= 11 is 3.44. The zero-order valence-electron chi connectivity index (χ0n) is 7.38. The van der Waals surface area contributed by atoms with Gasteiger partial charge in [-0.05, 0) is 17.7 Å². The van der Waals surface area contributed by atoms with Gasteiger partial charge in [-0.2, -0.15) is 0 Å². The molecule has 2 aromatic rings. The molecule has 1 amide bonds. The zero-order chi connectivity index (χ0) is 10.1. The molecule has 0 atom stereocenters. The van der Waals surface area contributed by atoms with Crippen molar-refractivity contribution in [3.63, 3.8) is 0 Å². The highest BCUT2D eigenvalue weighted by Crippen LogP contribution is 2.26. The molecule has 0 aliphatic rings. The lowest BCUT2D eigenvalue weighted by atomic mass is 10.1. The molecule has 2 rings (SSSR count). The van der Waals surface area contributed by atoms with Crippen LogP contribution in [0, 0.1) is 0 Å². The minimum Gasteiger partial charge on any atom is -0.369 e. The Bertz CT molecular complexity index is 490. The van der Waals surface area contributed by atoms with Crippen LogP contribution in [0.4, 0.5) is 0 Å². The molecule has 0 unspecified atom stereocenters. The molecule has 0 saturated carbocycles. The van der Waals surface area contributed by atoms with Gasteiger partial charge in [-0.1, -0.05) is 22.0 Å². The van der Waals surface area contributed by atoms with E-state index < -0.39 is 0 Å². The lowest BCUT2D eigenvalue weighted by molar-refractivity contribution is -0.117. The van der Waals surface area contributed by atoms with E-state index in [9.17, 15) is 4.79 Å². The Morgan fingerprint density at radius 3 is 2.93 bits per heavy atom. The van der Waals surface area contributed by atoms with Gasteiger partial charge in [0.2, 0.25) is 5.91 Å². The standard InChI is InChI=1S/C10H9BrN2O/c11-8-2-1-6(5-9(12)14)10-7(8)3-4-13-10/h1-4,13H,5H2,(H2,12,14). The number of rotatable bonds is 2. The Morgan fingerprint density at radius 2 is 2.21 bits per heavy atom. The number of hydrogen-bond acceptors (Lipinski definition) is 1. The summed E-state index contributed by atoms with van der Waals surface area (Å²) in [4.78, 5) is 13.9. The van der Waals surface area contributed by atoms with Crippen LogP contribution in [0.5, 0.6) is 0 Å². The predicted octanol–water partition coefficient (Wildman–Crippen LogP) is 1.96. The van der Waals surface area contributed by atoms with Crippen molar-refractivity contribution in [2.45, 2.75) is 6.42 Å². The summed E-state index contributed by atoms with van der Waals surface area (Å²) in [5.41, 5.74) is 7.06. The van der Waals surface area contributed by atoms with Gasteiger partial charge in [-0.3, -0.25) is 4.79 Å². The fourth-order valence-electron chi connectivity index (χ4n) is 1.52. The maximum atomic E-state index is 10.8. The SMILES string of the molecule is NC(=O)Cc1ccc(Br)c2cc[nH]c12. The van der Waals surface area contributed by atoms with Crippen LogP contribution < -0.4 is 5.73 Å². The molecule has 4 heteroatoms. The van der Waals surface area contributed by atoms with E-state index in [2.05, 4.69) is 20.9 Å². The van der Waals surface area contributed by atoms with Crippen molar-refractivity contribution in [3.8, 4) is 0 Å². The van der Waals surface area contributed by atoms with Crippen LogP contribution in [0.15, 0.2) is 28.9 Å². The summed E-state index contributed by atoms with van der Waals surface area (Å²) in [5.74, 6) is -0.316. The second-order valence-corrected chi connectivity index (χ2v) is 3.97. The van der Waals surface area contributed by atoms with Crippen LogP contribution in [0.3, 0.4) is 0 Å². The third-order valence-corrected chi connectivity index (χ3v) is 2.81.